The van der Waals surface area contributed by atoms with E-state index in [1.165, 1.54) is 18.6 Å². The maximum absolute atomic E-state index is 4.36. The zero-order valence-electron chi connectivity index (χ0n) is 10.7. The summed E-state index contributed by atoms with van der Waals surface area (Å²) in [5.41, 5.74) is 1.14. The summed E-state index contributed by atoms with van der Waals surface area (Å²) in [7, 11) is 0. The molecule has 4 heteroatoms. The van der Waals surface area contributed by atoms with E-state index in [1.807, 2.05) is 42.4 Å². The van der Waals surface area contributed by atoms with Gasteiger partial charge in [0.25, 0.3) is 0 Å². The molecule has 18 heavy (non-hydrogen) atoms. The van der Waals surface area contributed by atoms with E-state index in [9.17, 15) is 0 Å². The molecule has 0 radical (unpaired) electrons. The van der Waals surface area contributed by atoms with Crippen LogP contribution in [0.1, 0.15) is 12.8 Å². The number of thioether (sulfide) groups is 1. The van der Waals surface area contributed by atoms with Crippen molar-refractivity contribution in [3.8, 4) is 5.69 Å². The summed E-state index contributed by atoms with van der Waals surface area (Å²) < 4.78 is 2.08. The lowest BCUT2D eigenvalue weighted by molar-refractivity contribution is 0.831. The third-order valence-electron chi connectivity index (χ3n) is 2.73. The van der Waals surface area contributed by atoms with Crippen molar-refractivity contribution in [3.63, 3.8) is 0 Å². The van der Waals surface area contributed by atoms with Gasteiger partial charge in [0.15, 0.2) is 0 Å². The van der Waals surface area contributed by atoms with Gasteiger partial charge >= 0.3 is 0 Å². The molecule has 0 aliphatic rings. The smallest absolute Gasteiger partial charge is 0.207 e. The molecular weight excluding hydrogens is 242 g/mol. The van der Waals surface area contributed by atoms with E-state index in [2.05, 4.69) is 33.3 Å². The molecule has 0 aliphatic carbocycles. The van der Waals surface area contributed by atoms with Gasteiger partial charge in [0, 0.05) is 24.6 Å². The van der Waals surface area contributed by atoms with E-state index in [-0.39, 0.29) is 0 Å². The lowest BCUT2D eigenvalue weighted by Gasteiger charge is -2.09. The van der Waals surface area contributed by atoms with Crippen LogP contribution in [-0.4, -0.2) is 28.1 Å². The number of nitrogens with zero attached hydrogens (tertiary/aromatic N) is 2. The minimum atomic E-state index is 0.922. The van der Waals surface area contributed by atoms with Crippen molar-refractivity contribution in [1.82, 2.24) is 9.55 Å². The highest BCUT2D eigenvalue weighted by molar-refractivity contribution is 7.98. The molecule has 2 rings (SSSR count). The summed E-state index contributed by atoms with van der Waals surface area (Å²) in [6.45, 7) is 0.977. The maximum Gasteiger partial charge on any atom is 0.207 e. The molecule has 1 aromatic heterocycles. The Labute approximate surface area is 113 Å². The fraction of sp³-hybridized carbons (Fsp3) is 0.357. The van der Waals surface area contributed by atoms with E-state index >= 15 is 0 Å². The van der Waals surface area contributed by atoms with Crippen LogP contribution in [0.2, 0.25) is 0 Å². The molecule has 0 aliphatic heterocycles. The van der Waals surface area contributed by atoms with Gasteiger partial charge in [-0.2, -0.15) is 11.8 Å². The second-order valence-electron chi connectivity index (χ2n) is 4.08. The SMILES string of the molecule is CSCCCCNc1nccn1-c1ccccc1. The van der Waals surface area contributed by atoms with Crippen molar-refractivity contribution in [2.75, 3.05) is 23.9 Å². The van der Waals surface area contributed by atoms with Gasteiger partial charge in [0.05, 0.1) is 0 Å². The fourth-order valence-electron chi connectivity index (χ4n) is 1.80. The van der Waals surface area contributed by atoms with Crippen molar-refractivity contribution in [1.29, 1.82) is 0 Å². The second-order valence-corrected chi connectivity index (χ2v) is 5.07. The highest BCUT2D eigenvalue weighted by atomic mass is 32.2. The highest BCUT2D eigenvalue weighted by Crippen LogP contribution is 2.13. The van der Waals surface area contributed by atoms with Gasteiger partial charge < -0.3 is 5.32 Å². The topological polar surface area (TPSA) is 29.9 Å². The summed E-state index contributed by atoms with van der Waals surface area (Å²) in [6.07, 6.45) is 8.40. The van der Waals surface area contributed by atoms with Crippen LogP contribution in [-0.2, 0) is 0 Å². The van der Waals surface area contributed by atoms with Crippen molar-refractivity contribution in [2.45, 2.75) is 12.8 Å². The van der Waals surface area contributed by atoms with E-state index in [1.54, 1.807) is 0 Å². The molecule has 0 bridgehead atoms. The van der Waals surface area contributed by atoms with Crippen LogP contribution in [0.3, 0.4) is 0 Å². The van der Waals surface area contributed by atoms with Crippen molar-refractivity contribution >= 4 is 17.7 Å². The summed E-state index contributed by atoms with van der Waals surface area (Å²) in [6, 6.07) is 10.3. The van der Waals surface area contributed by atoms with Gasteiger partial charge in [-0.3, -0.25) is 4.57 Å². The lowest BCUT2D eigenvalue weighted by Crippen LogP contribution is -2.07. The molecule has 1 N–H and O–H groups in total. The fourth-order valence-corrected chi connectivity index (χ4v) is 2.30. The van der Waals surface area contributed by atoms with E-state index < -0.39 is 0 Å². The van der Waals surface area contributed by atoms with Gasteiger partial charge in [-0.05, 0) is 37.0 Å². The first-order valence-electron chi connectivity index (χ1n) is 6.23. The standard InChI is InChI=1S/C14H19N3S/c1-18-12-6-5-9-15-14-16-10-11-17(14)13-7-3-2-4-8-13/h2-4,7-8,10-11H,5-6,9,12H2,1H3,(H,15,16). The van der Waals surface area contributed by atoms with Crippen molar-refractivity contribution in [2.24, 2.45) is 0 Å². The van der Waals surface area contributed by atoms with Gasteiger partial charge in [-0.1, -0.05) is 18.2 Å². The first-order valence-corrected chi connectivity index (χ1v) is 7.63. The molecule has 0 amide bonds. The predicted octanol–water partition coefficient (Wildman–Crippen LogP) is 3.43. The molecule has 3 nitrogen and oxygen atoms in total. The summed E-state index contributed by atoms with van der Waals surface area (Å²) >= 11 is 1.90. The third-order valence-corrected chi connectivity index (χ3v) is 3.43. The zero-order valence-corrected chi connectivity index (χ0v) is 11.5. The Morgan fingerprint density at radius 1 is 1.22 bits per heavy atom. The van der Waals surface area contributed by atoms with Crippen LogP contribution in [0.5, 0.6) is 0 Å². The Kier molecular flexibility index (Phi) is 5.15. The minimum Gasteiger partial charge on any atom is -0.355 e. The molecule has 1 heterocycles. The number of para-hydroxylation sites is 1. The number of rotatable bonds is 7. The van der Waals surface area contributed by atoms with Crippen LogP contribution >= 0.6 is 11.8 Å². The highest BCUT2D eigenvalue weighted by Gasteiger charge is 2.02. The number of imidazole rings is 1. The molecule has 0 atom stereocenters. The molecule has 0 saturated carbocycles. The van der Waals surface area contributed by atoms with E-state index in [0.29, 0.717) is 0 Å². The van der Waals surface area contributed by atoms with Crippen molar-refractivity contribution in [3.05, 3.63) is 42.7 Å². The van der Waals surface area contributed by atoms with Crippen LogP contribution < -0.4 is 5.32 Å². The molecule has 0 fully saturated rings. The largest absolute Gasteiger partial charge is 0.355 e. The van der Waals surface area contributed by atoms with Gasteiger partial charge in [0.2, 0.25) is 5.95 Å². The summed E-state index contributed by atoms with van der Waals surface area (Å²) in [4.78, 5) is 4.36. The average Bonchev–Trinajstić information content (AvgIpc) is 2.88. The molecule has 2 aromatic rings. The Hall–Kier alpha value is -1.42. The molecular formula is C14H19N3S. The monoisotopic (exact) mass is 261 g/mol. The van der Waals surface area contributed by atoms with Crippen LogP contribution in [0.25, 0.3) is 5.69 Å². The first kappa shape index (κ1) is 13.0. The van der Waals surface area contributed by atoms with Crippen molar-refractivity contribution < 1.29 is 0 Å². The minimum absolute atomic E-state index is 0.922. The van der Waals surface area contributed by atoms with Gasteiger partial charge in [-0.15, -0.1) is 0 Å². The molecule has 0 saturated heterocycles. The Morgan fingerprint density at radius 3 is 2.83 bits per heavy atom. The lowest BCUT2D eigenvalue weighted by atomic mass is 10.3. The Morgan fingerprint density at radius 2 is 2.06 bits per heavy atom. The number of unbranched alkanes of at least 4 members (excludes halogenated alkanes) is 1. The van der Waals surface area contributed by atoms with Gasteiger partial charge in [0.1, 0.15) is 0 Å². The van der Waals surface area contributed by atoms with E-state index in [4.69, 9.17) is 0 Å². The molecule has 96 valence electrons. The number of hydrogen-bond acceptors (Lipinski definition) is 3. The molecule has 0 unspecified atom stereocenters. The first-order chi connectivity index (χ1) is 8.92. The number of nitrogens with one attached hydrogen (secondary N) is 1. The summed E-state index contributed by atoms with van der Waals surface area (Å²) in [5, 5.41) is 3.39. The number of hydrogen-bond donors (Lipinski definition) is 1. The molecule has 0 spiro atoms. The quantitative estimate of drug-likeness (QED) is 0.774. The second kappa shape index (κ2) is 7.11. The predicted molar refractivity (Wildman–Crippen MR) is 79.7 cm³/mol. The Bertz CT molecular complexity index is 453. The number of aromatic nitrogens is 2. The number of benzene rings is 1. The van der Waals surface area contributed by atoms with E-state index in [0.717, 1.165) is 18.2 Å². The zero-order chi connectivity index (χ0) is 12.6. The van der Waals surface area contributed by atoms with Crippen LogP contribution in [0.4, 0.5) is 5.95 Å². The van der Waals surface area contributed by atoms with Crippen LogP contribution in [0.15, 0.2) is 42.7 Å². The Balaban J connectivity index is 1.92. The summed E-state index contributed by atoms with van der Waals surface area (Å²) in [5.74, 6) is 2.15. The third kappa shape index (κ3) is 3.53. The van der Waals surface area contributed by atoms with Gasteiger partial charge in [-0.25, -0.2) is 4.98 Å². The normalized spacial score (nSPS) is 10.5. The maximum atomic E-state index is 4.36. The van der Waals surface area contributed by atoms with Crippen LogP contribution in [0, 0.1) is 0 Å². The molecule has 1 aromatic carbocycles. The average molecular weight is 261 g/mol. The number of anilines is 1.